The number of benzene rings is 4. The van der Waals surface area contributed by atoms with Gasteiger partial charge in [-0.3, -0.25) is 24.1 Å². The van der Waals surface area contributed by atoms with Crippen LogP contribution >= 0.6 is 7.26 Å². The molecule has 6 atom stereocenters. The summed E-state index contributed by atoms with van der Waals surface area (Å²) in [5.41, 5.74) is 1.11. The van der Waals surface area contributed by atoms with Crippen LogP contribution in [-0.2, 0) is 24.1 Å². The molecule has 0 aliphatic heterocycles. The SMILES string of the molecule is CO[O-].C[C@H]1c2ccc(NC(=O)CCCCCCCCCCC[P+](c3ccccc3)(c3ccccc3)c3ccccc3)c(O)c2C(O)=C2C(=O)[C@]3(O)C(O)=C(C(N)=O)C(=O)[C@@H](N(C)C)[C@@H]3[C@@H](O)[C@@H]21. The highest BCUT2D eigenvalue weighted by molar-refractivity contribution is 7.95. The van der Waals surface area contributed by atoms with Crippen LogP contribution < -0.4 is 32.2 Å². The number of nitrogens with zero attached hydrogens (tertiary/aromatic N) is 1. The number of nitrogens with one attached hydrogen (secondary N) is 1. The zero-order valence-electron chi connectivity index (χ0n) is 39.1. The zero-order valence-corrected chi connectivity index (χ0v) is 40.0. The Morgan fingerprint density at radius 2 is 1.25 bits per heavy atom. The molecule has 8 N–H and O–H groups in total. The molecule has 0 unspecified atom stereocenters. The van der Waals surface area contributed by atoms with Gasteiger partial charge in [0.1, 0.15) is 46.0 Å². The summed E-state index contributed by atoms with van der Waals surface area (Å²) in [4.78, 5) is 57.4. The molecule has 0 radical (unpaired) electrons. The minimum absolute atomic E-state index is 0.00248. The first-order valence-corrected chi connectivity index (χ1v) is 25.3. The fourth-order valence-electron chi connectivity index (χ4n) is 10.7. The van der Waals surface area contributed by atoms with E-state index in [2.05, 4.69) is 101 Å². The Morgan fingerprint density at radius 1 is 0.779 bits per heavy atom. The van der Waals surface area contributed by atoms with Gasteiger partial charge in [0.15, 0.2) is 11.4 Å². The summed E-state index contributed by atoms with van der Waals surface area (Å²) in [7, 11) is 2.16. The van der Waals surface area contributed by atoms with Crippen molar-refractivity contribution >= 4 is 58.0 Å². The summed E-state index contributed by atoms with van der Waals surface area (Å²) < 4.78 is 0. The van der Waals surface area contributed by atoms with E-state index in [4.69, 9.17) is 11.0 Å². The Hall–Kier alpha value is -5.73. The number of aliphatic hydroxyl groups is 4. The number of fused-ring (bicyclic) bond motifs is 3. The smallest absolute Gasteiger partial charge is 0.255 e. The lowest BCUT2D eigenvalue weighted by atomic mass is 9.54. The van der Waals surface area contributed by atoms with Gasteiger partial charge in [0.2, 0.25) is 11.7 Å². The van der Waals surface area contributed by atoms with Gasteiger partial charge in [0.05, 0.1) is 35.5 Å². The number of likely N-dealkylation sites (N-methyl/N-ethyl adjacent to an activating group) is 1. The molecular formula is C53H64N3O11P. The number of nitrogens with two attached hydrogens (primary N) is 1. The molecule has 14 nitrogen and oxygen atoms in total. The number of carbonyl (C=O) groups is 4. The number of phenols is 1. The number of anilines is 1. The topological polar surface area (TPSA) is 243 Å². The van der Waals surface area contributed by atoms with E-state index in [0.717, 1.165) is 58.2 Å². The predicted octanol–water partition coefficient (Wildman–Crippen LogP) is 5.24. The number of aliphatic hydroxyl groups excluding tert-OH is 3. The van der Waals surface area contributed by atoms with E-state index in [1.807, 2.05) is 0 Å². The summed E-state index contributed by atoms with van der Waals surface area (Å²) in [6.45, 7) is 1.66. The van der Waals surface area contributed by atoms with E-state index in [-0.39, 0.29) is 23.6 Å². The van der Waals surface area contributed by atoms with Gasteiger partial charge in [0, 0.05) is 25.0 Å². The van der Waals surface area contributed by atoms with Crippen LogP contribution in [0.25, 0.3) is 5.76 Å². The molecule has 4 aromatic rings. The molecule has 7 rings (SSSR count). The molecule has 0 heterocycles. The number of unbranched alkanes of at least 4 members (excludes halogenated alkanes) is 8. The van der Waals surface area contributed by atoms with Crippen LogP contribution in [0.15, 0.2) is 120 Å². The number of aromatic hydroxyl groups is 1. The van der Waals surface area contributed by atoms with Gasteiger partial charge in [0.25, 0.3) is 5.91 Å². The van der Waals surface area contributed by atoms with Gasteiger partial charge in [-0.2, -0.15) is 0 Å². The maximum Gasteiger partial charge on any atom is 0.255 e. The van der Waals surface area contributed by atoms with Crippen LogP contribution in [0.4, 0.5) is 5.69 Å². The second-order valence-corrected chi connectivity index (χ2v) is 21.8. The lowest BCUT2D eigenvalue weighted by molar-refractivity contribution is -0.679. The summed E-state index contributed by atoms with van der Waals surface area (Å²) >= 11 is 0. The average Bonchev–Trinajstić information content (AvgIpc) is 3.32. The van der Waals surface area contributed by atoms with E-state index in [0.29, 0.717) is 12.0 Å². The van der Waals surface area contributed by atoms with Gasteiger partial charge in [-0.05, 0) is 87.3 Å². The van der Waals surface area contributed by atoms with Gasteiger partial charge >= 0.3 is 0 Å². The molecule has 0 bridgehead atoms. The van der Waals surface area contributed by atoms with E-state index >= 15 is 0 Å². The monoisotopic (exact) mass is 949 g/mol. The number of phenolic OH excluding ortho intramolecular Hbond substituents is 1. The van der Waals surface area contributed by atoms with E-state index in [1.165, 1.54) is 47.4 Å². The number of hydrogen-bond acceptors (Lipinski definition) is 12. The molecule has 1 fully saturated rings. The number of amides is 2. The highest BCUT2D eigenvalue weighted by Gasteiger charge is 2.68. The Morgan fingerprint density at radius 3 is 1.72 bits per heavy atom. The lowest BCUT2D eigenvalue weighted by Gasteiger charge is -2.53. The zero-order chi connectivity index (χ0) is 49.3. The molecule has 15 heteroatoms. The van der Waals surface area contributed by atoms with Crippen molar-refractivity contribution in [2.45, 2.75) is 94.8 Å². The van der Waals surface area contributed by atoms with Gasteiger partial charge in [-0.15, -0.1) is 0 Å². The van der Waals surface area contributed by atoms with E-state index in [9.17, 15) is 44.7 Å². The first kappa shape index (κ1) is 51.7. The van der Waals surface area contributed by atoms with Crippen molar-refractivity contribution in [1.82, 2.24) is 4.90 Å². The molecule has 362 valence electrons. The van der Waals surface area contributed by atoms with Gasteiger partial charge < -0.3 is 46.7 Å². The van der Waals surface area contributed by atoms with Crippen molar-refractivity contribution in [3.63, 3.8) is 0 Å². The third kappa shape index (κ3) is 9.90. The fraction of sp³-hybridized carbons (Fsp3) is 0.396. The van der Waals surface area contributed by atoms with Crippen LogP contribution in [0.5, 0.6) is 5.75 Å². The van der Waals surface area contributed by atoms with Crippen LogP contribution in [0, 0.1) is 11.8 Å². The second kappa shape index (κ2) is 22.6. The molecule has 68 heavy (non-hydrogen) atoms. The summed E-state index contributed by atoms with van der Waals surface area (Å²) in [5.74, 6) is -10.1. The van der Waals surface area contributed by atoms with Crippen molar-refractivity contribution in [3.05, 3.63) is 131 Å². The highest BCUT2D eigenvalue weighted by Crippen LogP contribution is 2.58. The number of ketones is 2. The molecule has 3 aliphatic carbocycles. The lowest BCUT2D eigenvalue weighted by Crippen LogP contribution is -2.70. The number of carbonyl (C=O) groups excluding carboxylic acids is 4. The molecule has 4 aromatic carbocycles. The van der Waals surface area contributed by atoms with Gasteiger partial charge in [-0.1, -0.05) is 106 Å². The Balaban J connectivity index is 0.00000247. The summed E-state index contributed by atoms with van der Waals surface area (Å²) in [6, 6.07) is 34.6. The van der Waals surface area contributed by atoms with Crippen LogP contribution in [0.1, 0.15) is 88.2 Å². The van der Waals surface area contributed by atoms with Crippen molar-refractivity contribution in [1.29, 1.82) is 0 Å². The van der Waals surface area contributed by atoms with Crippen LogP contribution in [-0.4, -0.2) is 98.9 Å². The van der Waals surface area contributed by atoms with Crippen molar-refractivity contribution < 1.29 is 54.9 Å². The highest BCUT2D eigenvalue weighted by atomic mass is 31.2. The number of hydrogen-bond donors (Lipinski definition) is 7. The Labute approximate surface area is 398 Å². The average molecular weight is 950 g/mol. The summed E-state index contributed by atoms with van der Waals surface area (Å²) in [6.07, 6.45) is 8.95. The van der Waals surface area contributed by atoms with E-state index < -0.39 is 88.7 Å². The standard InChI is InChI=1S/C52H60N3O9P.CH4O2/c1-32-36-29-30-37(45(57)40(36)46(58)41-39(32)47(59)43-44(55(2)3)48(60)42(51(53)63)50(62)52(43,64)49(41)61)54-38(56)28-20-9-7-5-4-6-8-10-21-31-65(33-22-14-11-15-23-33,34-24-16-12-17-25-34)35-26-18-13-19-27-35;1-3-2/h11-19,22-27,29-30,32,39,43-44,47,59,64H,4-10,20-21,28,31H2,1-3H3,(H5-,53,54,56,57,58,60,61,62,63);2H,1H3/t32-,39+,43+,44-,47-,52-;/m0./s1. The van der Waals surface area contributed by atoms with Gasteiger partial charge in [-0.25, -0.2) is 0 Å². The molecule has 0 aromatic heterocycles. The maximum absolute atomic E-state index is 14.3. The molecular weight excluding hydrogens is 886 g/mol. The Bertz CT molecular complexity index is 2400. The third-order valence-corrected chi connectivity index (χ3v) is 18.4. The first-order valence-electron chi connectivity index (χ1n) is 23.3. The second-order valence-electron chi connectivity index (χ2n) is 18.2. The number of Topliss-reactive ketones (excluding diaryl/α,β-unsaturated/α-hetero) is 2. The largest absolute Gasteiger partial charge is 0.724 e. The number of primary amides is 1. The molecule has 1 saturated carbocycles. The minimum Gasteiger partial charge on any atom is -0.724 e. The predicted molar refractivity (Wildman–Crippen MR) is 262 cm³/mol. The van der Waals surface area contributed by atoms with Crippen molar-refractivity contribution in [2.24, 2.45) is 17.6 Å². The Kier molecular flexibility index (Phi) is 17.2. The summed E-state index contributed by atoms with van der Waals surface area (Å²) in [5, 5.41) is 73.4. The molecule has 3 aliphatic rings. The van der Waals surface area contributed by atoms with Crippen molar-refractivity contribution in [3.8, 4) is 5.75 Å². The van der Waals surface area contributed by atoms with Crippen LogP contribution in [0.3, 0.4) is 0 Å². The molecule has 0 saturated heterocycles. The normalized spacial score (nSPS) is 22.2. The van der Waals surface area contributed by atoms with E-state index in [1.54, 1.807) is 13.0 Å². The fourth-order valence-corrected chi connectivity index (χ4v) is 15.1. The van der Waals surface area contributed by atoms with Crippen molar-refractivity contribution in [2.75, 3.05) is 32.7 Å². The first-order chi connectivity index (χ1) is 32.6. The quantitative estimate of drug-likeness (QED) is 0.0169. The molecule has 0 spiro atoms. The minimum atomic E-state index is -3.01. The third-order valence-electron chi connectivity index (χ3n) is 13.9. The van der Waals surface area contributed by atoms with Crippen LogP contribution in [0.2, 0.25) is 0 Å². The number of rotatable bonds is 18. The maximum atomic E-state index is 14.3. The molecule has 2 amide bonds.